The van der Waals surface area contributed by atoms with Crippen molar-refractivity contribution in [3.05, 3.63) is 29.8 Å². The van der Waals surface area contributed by atoms with Gasteiger partial charge in [0, 0.05) is 6.42 Å². The van der Waals surface area contributed by atoms with Crippen molar-refractivity contribution in [3.63, 3.8) is 0 Å². The van der Waals surface area contributed by atoms with Gasteiger partial charge in [-0.2, -0.15) is 13.2 Å². The quantitative estimate of drug-likeness (QED) is 0.766. The number of para-hydroxylation sites is 1. The average molecular weight is 260 g/mol. The maximum absolute atomic E-state index is 13.1. The predicted molar refractivity (Wildman–Crippen MR) is 56.2 cm³/mol. The first-order valence-corrected chi connectivity index (χ1v) is 5.41. The Morgan fingerprint density at radius 2 is 2.11 bits per heavy atom. The molecular weight excluding hydrogens is 249 g/mol. The zero-order valence-electron chi connectivity index (χ0n) is 9.58. The summed E-state index contributed by atoms with van der Waals surface area (Å²) in [5.74, 6) is -1.32. The summed E-state index contributed by atoms with van der Waals surface area (Å²) in [7, 11) is 0. The van der Waals surface area contributed by atoms with Crippen molar-refractivity contribution >= 4 is 5.97 Å². The number of halogens is 3. The Morgan fingerprint density at radius 1 is 1.44 bits per heavy atom. The minimum atomic E-state index is -4.82. The van der Waals surface area contributed by atoms with Crippen molar-refractivity contribution in [1.82, 2.24) is 0 Å². The second-order valence-electron chi connectivity index (χ2n) is 3.93. The van der Waals surface area contributed by atoms with Gasteiger partial charge in [-0.25, -0.2) is 4.79 Å². The van der Waals surface area contributed by atoms with Crippen LogP contribution in [0.3, 0.4) is 0 Å². The van der Waals surface area contributed by atoms with Crippen LogP contribution in [0.4, 0.5) is 13.2 Å². The summed E-state index contributed by atoms with van der Waals surface area (Å²) in [5.41, 5.74) is -2.56. The first-order valence-electron chi connectivity index (χ1n) is 5.41. The lowest BCUT2D eigenvalue weighted by molar-refractivity contribution is -0.248. The number of carbonyl (C=O) groups excluding carboxylic acids is 1. The van der Waals surface area contributed by atoms with Crippen LogP contribution in [0.15, 0.2) is 24.3 Å². The van der Waals surface area contributed by atoms with Crippen molar-refractivity contribution in [2.75, 3.05) is 6.61 Å². The van der Waals surface area contributed by atoms with Gasteiger partial charge in [0.2, 0.25) is 0 Å². The highest BCUT2D eigenvalue weighted by molar-refractivity contribution is 5.83. The summed E-state index contributed by atoms with van der Waals surface area (Å²) in [5, 5.41) is 0. The van der Waals surface area contributed by atoms with Crippen LogP contribution in [0.1, 0.15) is 12.5 Å². The van der Waals surface area contributed by atoms with E-state index >= 15 is 0 Å². The zero-order chi connectivity index (χ0) is 13.4. The van der Waals surface area contributed by atoms with Gasteiger partial charge in [0.1, 0.15) is 5.75 Å². The number of fused-ring (bicyclic) bond motifs is 1. The molecule has 0 spiro atoms. The maximum Gasteiger partial charge on any atom is 0.439 e. The Bertz CT molecular complexity index is 443. The number of hydrogen-bond donors (Lipinski definition) is 0. The summed E-state index contributed by atoms with van der Waals surface area (Å²) in [4.78, 5) is 11.6. The van der Waals surface area contributed by atoms with Gasteiger partial charge >= 0.3 is 17.7 Å². The number of hydrogen-bond acceptors (Lipinski definition) is 3. The molecule has 2 rings (SSSR count). The lowest BCUT2D eigenvalue weighted by Crippen LogP contribution is -2.56. The number of carbonyl (C=O) groups is 1. The second kappa shape index (κ2) is 4.19. The Labute approximate surface area is 102 Å². The normalized spacial score (nSPS) is 22.2. The van der Waals surface area contributed by atoms with Gasteiger partial charge in [0.15, 0.2) is 0 Å². The highest BCUT2D eigenvalue weighted by atomic mass is 19.4. The fourth-order valence-corrected chi connectivity index (χ4v) is 1.88. The van der Waals surface area contributed by atoms with Crippen molar-refractivity contribution < 1.29 is 27.4 Å². The summed E-state index contributed by atoms with van der Waals surface area (Å²) in [6, 6.07) is 6.06. The Hall–Kier alpha value is -1.72. The monoisotopic (exact) mass is 260 g/mol. The topological polar surface area (TPSA) is 35.5 Å². The van der Waals surface area contributed by atoms with Gasteiger partial charge in [-0.05, 0) is 18.6 Å². The first-order chi connectivity index (χ1) is 8.40. The fourth-order valence-electron chi connectivity index (χ4n) is 1.88. The SMILES string of the molecule is CCOC(=O)C1(C(F)(F)F)Cc2ccccc2O1. The van der Waals surface area contributed by atoms with Crippen LogP contribution in [0.2, 0.25) is 0 Å². The molecule has 1 aromatic carbocycles. The van der Waals surface area contributed by atoms with E-state index in [1.165, 1.54) is 19.1 Å². The number of alkyl halides is 3. The van der Waals surface area contributed by atoms with E-state index in [1.54, 1.807) is 12.1 Å². The van der Waals surface area contributed by atoms with Gasteiger partial charge in [0.05, 0.1) is 6.61 Å². The predicted octanol–water partition coefficient (Wildman–Crippen LogP) is 2.49. The van der Waals surface area contributed by atoms with Crippen molar-refractivity contribution in [3.8, 4) is 5.75 Å². The molecule has 3 nitrogen and oxygen atoms in total. The summed E-state index contributed by atoms with van der Waals surface area (Å²) >= 11 is 0. The first kappa shape index (κ1) is 12.7. The molecule has 0 fully saturated rings. The van der Waals surface area contributed by atoms with Crippen LogP contribution in [-0.2, 0) is 16.0 Å². The molecule has 0 N–H and O–H groups in total. The van der Waals surface area contributed by atoms with E-state index in [0.29, 0.717) is 5.56 Å². The molecule has 0 saturated carbocycles. The number of esters is 1. The lowest BCUT2D eigenvalue weighted by atomic mass is 9.96. The standard InChI is InChI=1S/C12H11F3O3/c1-2-17-10(16)11(12(13,14)15)7-8-5-3-4-6-9(8)18-11/h3-6H,2,7H2,1H3. The molecule has 1 atom stereocenters. The highest BCUT2D eigenvalue weighted by Gasteiger charge is 2.66. The third-order valence-corrected chi connectivity index (χ3v) is 2.76. The molecule has 0 amide bonds. The third-order valence-electron chi connectivity index (χ3n) is 2.76. The van der Waals surface area contributed by atoms with Crippen LogP contribution in [0.5, 0.6) is 5.75 Å². The van der Waals surface area contributed by atoms with Crippen molar-refractivity contribution in [2.45, 2.75) is 25.1 Å². The highest BCUT2D eigenvalue weighted by Crippen LogP contribution is 2.45. The maximum atomic E-state index is 13.1. The van der Waals surface area contributed by atoms with Crippen LogP contribution in [-0.4, -0.2) is 24.4 Å². The molecule has 0 saturated heterocycles. The molecular formula is C12H11F3O3. The Balaban J connectivity index is 2.40. The molecule has 6 heteroatoms. The molecule has 1 heterocycles. The molecule has 18 heavy (non-hydrogen) atoms. The van der Waals surface area contributed by atoms with E-state index in [-0.39, 0.29) is 12.4 Å². The molecule has 0 radical (unpaired) electrons. The number of ether oxygens (including phenoxy) is 2. The van der Waals surface area contributed by atoms with E-state index in [0.717, 1.165) is 0 Å². The van der Waals surface area contributed by atoms with E-state index in [1.807, 2.05) is 0 Å². The van der Waals surface area contributed by atoms with Crippen molar-refractivity contribution in [1.29, 1.82) is 0 Å². The number of rotatable bonds is 2. The van der Waals surface area contributed by atoms with E-state index in [2.05, 4.69) is 4.74 Å². The van der Waals surface area contributed by atoms with Gasteiger partial charge in [-0.1, -0.05) is 18.2 Å². The van der Waals surface area contributed by atoms with E-state index in [4.69, 9.17) is 4.74 Å². The molecule has 0 aromatic heterocycles. The second-order valence-corrected chi connectivity index (χ2v) is 3.93. The smallest absolute Gasteiger partial charge is 0.439 e. The van der Waals surface area contributed by atoms with Crippen LogP contribution in [0, 0.1) is 0 Å². The third kappa shape index (κ3) is 1.81. The largest absolute Gasteiger partial charge is 0.466 e. The number of benzene rings is 1. The van der Waals surface area contributed by atoms with Gasteiger partial charge in [0.25, 0.3) is 0 Å². The van der Waals surface area contributed by atoms with Gasteiger partial charge < -0.3 is 9.47 Å². The molecule has 0 aliphatic carbocycles. The Kier molecular flexibility index (Phi) is 2.96. The fraction of sp³-hybridized carbons (Fsp3) is 0.417. The van der Waals surface area contributed by atoms with E-state index < -0.39 is 24.2 Å². The van der Waals surface area contributed by atoms with Gasteiger partial charge in [-0.15, -0.1) is 0 Å². The lowest BCUT2D eigenvalue weighted by Gasteiger charge is -2.28. The Morgan fingerprint density at radius 3 is 2.67 bits per heavy atom. The average Bonchev–Trinajstić information content (AvgIpc) is 2.69. The van der Waals surface area contributed by atoms with Crippen LogP contribution >= 0.6 is 0 Å². The van der Waals surface area contributed by atoms with E-state index in [9.17, 15) is 18.0 Å². The molecule has 1 aromatic rings. The summed E-state index contributed by atoms with van der Waals surface area (Å²) in [6.45, 7) is 1.32. The molecule has 98 valence electrons. The van der Waals surface area contributed by atoms with Crippen molar-refractivity contribution in [2.24, 2.45) is 0 Å². The minimum absolute atomic E-state index is 0.0721. The minimum Gasteiger partial charge on any atom is -0.466 e. The summed E-state index contributed by atoms with van der Waals surface area (Å²) < 4.78 is 48.8. The molecule has 1 aliphatic rings. The summed E-state index contributed by atoms with van der Waals surface area (Å²) in [6.07, 6.45) is -5.37. The van der Waals surface area contributed by atoms with Crippen LogP contribution < -0.4 is 4.74 Å². The molecule has 1 unspecified atom stereocenters. The van der Waals surface area contributed by atoms with Crippen LogP contribution in [0.25, 0.3) is 0 Å². The zero-order valence-corrected chi connectivity index (χ0v) is 9.58. The molecule has 1 aliphatic heterocycles. The van der Waals surface area contributed by atoms with Gasteiger partial charge in [-0.3, -0.25) is 0 Å². The molecule has 0 bridgehead atoms.